The molecule has 0 aliphatic carbocycles. The molecule has 20 heavy (non-hydrogen) atoms. The number of thioether (sulfide) groups is 1. The summed E-state index contributed by atoms with van der Waals surface area (Å²) in [7, 11) is 0. The van der Waals surface area contributed by atoms with Crippen molar-refractivity contribution < 1.29 is 20.1 Å². The third kappa shape index (κ3) is 2.99. The molecule has 1 aliphatic rings. The highest BCUT2D eigenvalue weighted by molar-refractivity contribution is 7.99. The molecule has 0 amide bonds. The van der Waals surface area contributed by atoms with Crippen molar-refractivity contribution in [1.82, 2.24) is 15.0 Å². The van der Waals surface area contributed by atoms with Crippen molar-refractivity contribution >= 4 is 11.8 Å². The molecule has 0 aromatic carbocycles. The Hall–Kier alpha value is -0.670. The van der Waals surface area contributed by atoms with Crippen molar-refractivity contribution in [2.24, 2.45) is 0 Å². The predicted octanol–water partition coefficient (Wildman–Crippen LogP) is -0.426. The number of aliphatic hydroxyl groups is 3. The van der Waals surface area contributed by atoms with Crippen LogP contribution in [0.25, 0.3) is 0 Å². The highest BCUT2D eigenvalue weighted by Gasteiger charge is 2.45. The quantitative estimate of drug-likeness (QED) is 0.679. The van der Waals surface area contributed by atoms with E-state index in [1.54, 1.807) is 12.5 Å². The molecule has 0 bridgehead atoms. The van der Waals surface area contributed by atoms with Crippen molar-refractivity contribution in [3.8, 4) is 0 Å². The van der Waals surface area contributed by atoms with Gasteiger partial charge in [-0.2, -0.15) is 0 Å². The Bertz CT molecular complexity index is 415. The van der Waals surface area contributed by atoms with E-state index in [2.05, 4.69) is 10.3 Å². The Labute approximate surface area is 121 Å². The summed E-state index contributed by atoms with van der Waals surface area (Å²) in [5.41, 5.74) is 0.305. The number of ether oxygens (including phenoxy) is 1. The van der Waals surface area contributed by atoms with E-state index in [-0.39, 0.29) is 6.61 Å². The van der Waals surface area contributed by atoms with Gasteiger partial charge in [-0.3, -0.25) is 0 Å². The second-order valence-corrected chi connectivity index (χ2v) is 5.81. The summed E-state index contributed by atoms with van der Waals surface area (Å²) in [6.45, 7) is 1.74. The zero-order valence-corrected chi connectivity index (χ0v) is 12.4. The lowest BCUT2D eigenvalue weighted by Gasteiger charge is -2.41. The number of aromatic nitrogens is 3. The summed E-state index contributed by atoms with van der Waals surface area (Å²) in [5, 5.41) is 37.9. The van der Waals surface area contributed by atoms with Gasteiger partial charge in [0.05, 0.1) is 12.3 Å². The van der Waals surface area contributed by atoms with Crippen LogP contribution >= 0.6 is 11.8 Å². The molecular formula is C12H21N3O4S. The zero-order valence-electron chi connectivity index (χ0n) is 11.6. The van der Waals surface area contributed by atoms with E-state index >= 15 is 0 Å². The number of aliphatic hydroxyl groups excluding tert-OH is 3. The van der Waals surface area contributed by atoms with E-state index in [1.165, 1.54) is 16.4 Å². The Kier molecular flexibility index (Phi) is 5.39. The summed E-state index contributed by atoms with van der Waals surface area (Å²) in [6.07, 6.45) is 2.60. The molecule has 3 N–H and O–H groups in total. The van der Waals surface area contributed by atoms with Crippen LogP contribution in [0.3, 0.4) is 0 Å². The van der Waals surface area contributed by atoms with Gasteiger partial charge in [-0.15, -0.1) is 16.9 Å². The second kappa shape index (κ2) is 6.86. The molecule has 114 valence electrons. The summed E-state index contributed by atoms with van der Waals surface area (Å²) in [5.74, 6) is 0. The molecule has 2 heterocycles. The molecule has 5 atom stereocenters. The first-order valence-electron chi connectivity index (χ1n) is 6.68. The first kappa shape index (κ1) is 15.7. The van der Waals surface area contributed by atoms with E-state index < -0.39 is 29.8 Å². The molecule has 0 radical (unpaired) electrons. The molecule has 8 heteroatoms. The van der Waals surface area contributed by atoms with Crippen LogP contribution in [-0.4, -0.2) is 66.9 Å². The molecule has 1 aromatic rings. The second-order valence-electron chi connectivity index (χ2n) is 4.87. The fourth-order valence-electron chi connectivity index (χ4n) is 2.40. The maximum Gasteiger partial charge on any atom is 0.131 e. The molecular weight excluding hydrogens is 282 g/mol. The third-order valence-corrected chi connectivity index (χ3v) is 4.30. The minimum Gasteiger partial charge on any atom is -0.394 e. The lowest BCUT2D eigenvalue weighted by atomic mass is 9.97. The number of hydrogen-bond acceptors (Lipinski definition) is 7. The standard InChI is InChI=1S/C12H21N3O4S/c1-3-4-7-5-15(14-13-7)9-10(17)8(6-16)19-12(20-2)11(9)18/h5,8-12,16-18H,3-4,6H2,1-2H3/t8?,9?,10-,11-,12-/m0/s1. The molecule has 0 spiro atoms. The fourth-order valence-corrected chi connectivity index (χ4v) is 3.10. The van der Waals surface area contributed by atoms with Crippen molar-refractivity contribution in [2.75, 3.05) is 12.9 Å². The number of aryl methyl sites for hydroxylation is 1. The van der Waals surface area contributed by atoms with Gasteiger partial charge in [0.15, 0.2) is 0 Å². The molecule has 1 fully saturated rings. The van der Waals surface area contributed by atoms with Crippen molar-refractivity contribution in [3.05, 3.63) is 11.9 Å². The summed E-state index contributed by atoms with van der Waals surface area (Å²) in [6, 6.07) is -0.670. The van der Waals surface area contributed by atoms with E-state index in [9.17, 15) is 15.3 Å². The normalized spacial score (nSPS) is 34.4. The van der Waals surface area contributed by atoms with Gasteiger partial charge in [0.1, 0.15) is 29.8 Å². The Morgan fingerprint density at radius 3 is 2.75 bits per heavy atom. The lowest BCUT2D eigenvalue weighted by Crippen LogP contribution is -2.54. The summed E-state index contributed by atoms with van der Waals surface area (Å²) >= 11 is 1.33. The van der Waals surface area contributed by atoms with Crippen LogP contribution in [0.4, 0.5) is 0 Å². The van der Waals surface area contributed by atoms with Gasteiger partial charge < -0.3 is 20.1 Å². The number of hydrogen-bond donors (Lipinski definition) is 3. The number of nitrogens with zero attached hydrogens (tertiary/aromatic N) is 3. The monoisotopic (exact) mass is 303 g/mol. The highest BCUT2D eigenvalue weighted by Crippen LogP contribution is 2.33. The largest absolute Gasteiger partial charge is 0.394 e. The first-order valence-corrected chi connectivity index (χ1v) is 7.97. The van der Waals surface area contributed by atoms with Gasteiger partial charge in [0.2, 0.25) is 0 Å². The highest BCUT2D eigenvalue weighted by atomic mass is 32.2. The van der Waals surface area contributed by atoms with Gasteiger partial charge in [0.25, 0.3) is 0 Å². The van der Waals surface area contributed by atoms with Gasteiger partial charge in [-0.1, -0.05) is 18.6 Å². The van der Waals surface area contributed by atoms with Crippen LogP contribution in [0.15, 0.2) is 6.20 Å². The van der Waals surface area contributed by atoms with Crippen LogP contribution in [0, 0.1) is 0 Å². The van der Waals surface area contributed by atoms with Crippen molar-refractivity contribution in [1.29, 1.82) is 0 Å². The maximum absolute atomic E-state index is 10.3. The molecule has 2 unspecified atom stereocenters. The minimum atomic E-state index is -1.03. The molecule has 1 aromatic heterocycles. The van der Waals surface area contributed by atoms with Crippen LogP contribution in [-0.2, 0) is 11.2 Å². The molecule has 0 saturated carbocycles. The SMILES string of the molecule is CCCc1cn(C2[C@@H](O)C(CO)O[C@@H](SC)[C@H]2O)nn1. The first-order chi connectivity index (χ1) is 9.62. The summed E-state index contributed by atoms with van der Waals surface area (Å²) < 4.78 is 6.95. The van der Waals surface area contributed by atoms with Gasteiger partial charge in [-0.05, 0) is 12.7 Å². The summed E-state index contributed by atoms with van der Waals surface area (Å²) in [4.78, 5) is 0. The van der Waals surface area contributed by atoms with E-state index in [1.807, 2.05) is 6.92 Å². The topological polar surface area (TPSA) is 101 Å². The molecule has 7 nitrogen and oxygen atoms in total. The van der Waals surface area contributed by atoms with Crippen LogP contribution in [0.2, 0.25) is 0 Å². The van der Waals surface area contributed by atoms with E-state index in [0.717, 1.165) is 18.5 Å². The Balaban J connectivity index is 2.24. The van der Waals surface area contributed by atoms with Crippen molar-refractivity contribution in [2.45, 2.75) is 49.6 Å². The van der Waals surface area contributed by atoms with Gasteiger partial charge in [-0.25, -0.2) is 4.68 Å². The van der Waals surface area contributed by atoms with Crippen LogP contribution in [0.5, 0.6) is 0 Å². The lowest BCUT2D eigenvalue weighted by molar-refractivity contribution is -0.178. The maximum atomic E-state index is 10.3. The average Bonchev–Trinajstić information content (AvgIpc) is 2.88. The molecule has 1 aliphatic heterocycles. The van der Waals surface area contributed by atoms with Gasteiger partial charge in [0, 0.05) is 6.20 Å². The average molecular weight is 303 g/mol. The van der Waals surface area contributed by atoms with Crippen molar-refractivity contribution in [3.63, 3.8) is 0 Å². The molecule has 2 rings (SSSR count). The molecule has 1 saturated heterocycles. The minimum absolute atomic E-state index is 0.308. The Morgan fingerprint density at radius 2 is 2.15 bits per heavy atom. The number of rotatable bonds is 5. The fraction of sp³-hybridized carbons (Fsp3) is 0.833. The van der Waals surface area contributed by atoms with Crippen LogP contribution in [0.1, 0.15) is 25.1 Å². The van der Waals surface area contributed by atoms with E-state index in [4.69, 9.17) is 4.74 Å². The third-order valence-electron chi connectivity index (χ3n) is 3.45. The van der Waals surface area contributed by atoms with Gasteiger partial charge >= 0.3 is 0 Å². The smallest absolute Gasteiger partial charge is 0.131 e. The van der Waals surface area contributed by atoms with Crippen LogP contribution < -0.4 is 0 Å². The Morgan fingerprint density at radius 1 is 1.40 bits per heavy atom. The predicted molar refractivity (Wildman–Crippen MR) is 74.3 cm³/mol. The zero-order chi connectivity index (χ0) is 14.7. The van der Waals surface area contributed by atoms with E-state index in [0.29, 0.717) is 0 Å².